The Balaban J connectivity index is 1.67. The van der Waals surface area contributed by atoms with Crippen LogP contribution in [0.25, 0.3) is 28.3 Å². The molecule has 5 aromatic rings. The van der Waals surface area contributed by atoms with Gasteiger partial charge in [-0.1, -0.05) is 6.07 Å². The normalized spacial score (nSPS) is 11.0. The van der Waals surface area contributed by atoms with E-state index >= 15 is 0 Å². The van der Waals surface area contributed by atoms with Crippen molar-refractivity contribution in [1.82, 2.24) is 19.4 Å². The van der Waals surface area contributed by atoms with E-state index in [1.807, 2.05) is 0 Å². The zero-order chi connectivity index (χ0) is 25.4. The van der Waals surface area contributed by atoms with Crippen LogP contribution < -0.4 is 10.1 Å². The number of benzene rings is 2. The Kier molecular flexibility index (Phi) is 6.03. The molecule has 3 aromatic heterocycles. The fraction of sp³-hybridized carbons (Fsp3) is 0.0400. The number of nitrogens with one attached hydrogen (secondary N) is 1. The van der Waals surface area contributed by atoms with E-state index in [2.05, 4.69) is 20.3 Å². The summed E-state index contributed by atoms with van der Waals surface area (Å²) in [5.74, 6) is -2.99. The third-order valence-electron chi connectivity index (χ3n) is 5.38. The van der Waals surface area contributed by atoms with Crippen molar-refractivity contribution >= 4 is 28.8 Å². The van der Waals surface area contributed by atoms with Crippen molar-refractivity contribution in [2.45, 2.75) is 0 Å². The van der Waals surface area contributed by atoms with E-state index in [1.165, 1.54) is 49.8 Å². The van der Waals surface area contributed by atoms with Gasteiger partial charge in [-0.25, -0.2) is 28.1 Å². The van der Waals surface area contributed by atoms with Crippen LogP contribution in [0.4, 0.5) is 18.9 Å². The molecule has 36 heavy (non-hydrogen) atoms. The maximum absolute atomic E-state index is 14.1. The summed E-state index contributed by atoms with van der Waals surface area (Å²) in [6, 6.07) is 12.0. The number of hydrogen-bond donors (Lipinski definition) is 1. The molecule has 0 radical (unpaired) electrons. The summed E-state index contributed by atoms with van der Waals surface area (Å²) in [5.41, 5.74) is 1.34. The number of imidazole rings is 1. The van der Waals surface area contributed by atoms with Crippen molar-refractivity contribution in [2.24, 2.45) is 0 Å². The molecule has 0 aliphatic carbocycles. The summed E-state index contributed by atoms with van der Waals surface area (Å²) in [4.78, 5) is 25.8. The van der Waals surface area contributed by atoms with Gasteiger partial charge >= 0.3 is 0 Å². The van der Waals surface area contributed by atoms with Crippen LogP contribution in [0.1, 0.15) is 10.4 Å². The van der Waals surface area contributed by atoms with Crippen molar-refractivity contribution in [3.8, 4) is 28.4 Å². The average molecular weight is 510 g/mol. The minimum absolute atomic E-state index is 0.00257. The Morgan fingerprint density at radius 1 is 1.03 bits per heavy atom. The number of rotatable bonds is 5. The van der Waals surface area contributed by atoms with Gasteiger partial charge in [-0.3, -0.25) is 9.20 Å². The van der Waals surface area contributed by atoms with Crippen molar-refractivity contribution < 1.29 is 22.7 Å². The predicted molar refractivity (Wildman–Crippen MR) is 127 cm³/mol. The second-order valence-corrected chi connectivity index (χ2v) is 7.90. The first kappa shape index (κ1) is 23.3. The van der Waals surface area contributed by atoms with Gasteiger partial charge in [0.05, 0.1) is 29.8 Å². The molecule has 7 nitrogen and oxygen atoms in total. The Labute approximate surface area is 207 Å². The Morgan fingerprint density at radius 3 is 2.53 bits per heavy atom. The van der Waals surface area contributed by atoms with Gasteiger partial charge in [0.1, 0.15) is 34.5 Å². The number of carbonyl (C=O) groups is 1. The zero-order valence-corrected chi connectivity index (χ0v) is 19.2. The van der Waals surface area contributed by atoms with E-state index in [-0.39, 0.29) is 22.2 Å². The second-order valence-electron chi connectivity index (χ2n) is 7.56. The predicted octanol–water partition coefficient (Wildman–Crippen LogP) is 5.79. The van der Waals surface area contributed by atoms with Gasteiger partial charge in [-0.05, 0) is 54.1 Å². The topological polar surface area (TPSA) is 81.4 Å². The molecular formula is C25H15ClF3N5O2. The number of anilines is 1. The minimum atomic E-state index is -0.927. The molecule has 0 spiro atoms. The molecule has 0 bridgehead atoms. The molecule has 3 heterocycles. The molecule has 5 rings (SSSR count). The lowest BCUT2D eigenvalue weighted by Gasteiger charge is -2.12. The Morgan fingerprint density at radius 2 is 1.81 bits per heavy atom. The first-order valence-electron chi connectivity index (χ1n) is 10.5. The molecule has 0 aliphatic rings. The first-order valence-corrected chi connectivity index (χ1v) is 10.8. The van der Waals surface area contributed by atoms with Crippen molar-refractivity contribution in [2.75, 3.05) is 12.4 Å². The van der Waals surface area contributed by atoms with Gasteiger partial charge in [0, 0.05) is 24.0 Å². The minimum Gasteiger partial charge on any atom is -0.496 e. The number of ether oxygens (including phenoxy) is 1. The number of pyridine rings is 1. The van der Waals surface area contributed by atoms with E-state index < -0.39 is 29.0 Å². The van der Waals surface area contributed by atoms with Crippen LogP contribution in [0.2, 0.25) is 5.28 Å². The van der Waals surface area contributed by atoms with E-state index in [0.29, 0.717) is 22.6 Å². The molecule has 0 unspecified atom stereocenters. The molecular weight excluding hydrogens is 495 g/mol. The number of para-hydroxylation sites is 1. The monoisotopic (exact) mass is 509 g/mol. The van der Waals surface area contributed by atoms with Gasteiger partial charge in [0.25, 0.3) is 5.91 Å². The van der Waals surface area contributed by atoms with Gasteiger partial charge in [0.15, 0.2) is 0 Å². The number of fused-ring (bicyclic) bond motifs is 1. The zero-order valence-electron chi connectivity index (χ0n) is 18.5. The molecule has 0 fully saturated rings. The van der Waals surface area contributed by atoms with Gasteiger partial charge < -0.3 is 10.1 Å². The summed E-state index contributed by atoms with van der Waals surface area (Å²) in [7, 11) is 1.36. The molecule has 0 saturated carbocycles. The van der Waals surface area contributed by atoms with E-state index in [9.17, 15) is 18.0 Å². The highest BCUT2D eigenvalue weighted by atomic mass is 35.5. The maximum atomic E-state index is 14.1. The van der Waals surface area contributed by atoms with E-state index in [0.717, 1.165) is 12.1 Å². The van der Waals surface area contributed by atoms with Crippen molar-refractivity contribution in [3.05, 3.63) is 95.3 Å². The quantitative estimate of drug-likeness (QED) is 0.303. The first-order chi connectivity index (χ1) is 17.4. The standard InChI is InChI=1S/C25H15ClF3N5O2/c1-36-19-6-5-13(11-15(19)24(35)33-22-16(28)3-2-4-17(22)29)21-23(18-7-9-30-25(26)31-18)34-10-8-14(27)12-20(34)32-21/h2-12H,1H3,(H,33,35). The smallest absolute Gasteiger partial charge is 0.259 e. The number of methoxy groups -OCH3 is 1. The van der Waals surface area contributed by atoms with E-state index in [1.54, 1.807) is 16.5 Å². The third-order valence-corrected chi connectivity index (χ3v) is 5.56. The lowest BCUT2D eigenvalue weighted by molar-refractivity contribution is 0.102. The molecule has 0 saturated heterocycles. The SMILES string of the molecule is COc1ccc(-c2nc3cc(F)ccn3c2-c2ccnc(Cl)n2)cc1C(=O)Nc1c(F)cccc1F. The molecule has 1 N–H and O–H groups in total. The van der Waals surface area contributed by atoms with Crippen molar-refractivity contribution in [1.29, 1.82) is 0 Å². The Bertz CT molecular complexity index is 1620. The highest BCUT2D eigenvalue weighted by Crippen LogP contribution is 2.35. The van der Waals surface area contributed by atoms with Crippen LogP contribution in [0.15, 0.2) is 67.0 Å². The molecule has 11 heteroatoms. The number of carbonyl (C=O) groups excluding carboxylic acids is 1. The number of hydrogen-bond acceptors (Lipinski definition) is 5. The van der Waals surface area contributed by atoms with Crippen LogP contribution in [0.5, 0.6) is 5.75 Å². The van der Waals surface area contributed by atoms with Crippen LogP contribution in [0, 0.1) is 17.5 Å². The number of aromatic nitrogens is 4. The number of nitrogens with zero attached hydrogens (tertiary/aromatic N) is 4. The molecule has 2 aromatic carbocycles. The summed E-state index contributed by atoms with van der Waals surface area (Å²) in [6.07, 6.45) is 2.96. The molecule has 180 valence electrons. The van der Waals surface area contributed by atoms with Crippen LogP contribution in [-0.2, 0) is 0 Å². The highest BCUT2D eigenvalue weighted by Gasteiger charge is 2.22. The van der Waals surface area contributed by atoms with E-state index in [4.69, 9.17) is 16.3 Å². The molecule has 0 aliphatic heterocycles. The summed E-state index contributed by atoms with van der Waals surface area (Å²) in [6.45, 7) is 0. The lowest BCUT2D eigenvalue weighted by Crippen LogP contribution is -2.15. The average Bonchev–Trinajstić information content (AvgIpc) is 3.24. The number of halogens is 4. The Hall–Kier alpha value is -4.44. The second kappa shape index (κ2) is 9.31. The van der Waals surface area contributed by atoms with Crippen LogP contribution in [0.3, 0.4) is 0 Å². The van der Waals surface area contributed by atoms with Gasteiger partial charge in [-0.15, -0.1) is 0 Å². The fourth-order valence-electron chi connectivity index (χ4n) is 3.76. The molecule has 0 atom stereocenters. The third kappa shape index (κ3) is 4.22. The highest BCUT2D eigenvalue weighted by molar-refractivity contribution is 6.28. The van der Waals surface area contributed by atoms with Crippen molar-refractivity contribution in [3.63, 3.8) is 0 Å². The molecule has 1 amide bonds. The summed E-state index contributed by atoms with van der Waals surface area (Å²) < 4.78 is 49.1. The number of amides is 1. The lowest BCUT2D eigenvalue weighted by atomic mass is 10.0. The van der Waals surface area contributed by atoms with Gasteiger partial charge in [0.2, 0.25) is 5.28 Å². The largest absolute Gasteiger partial charge is 0.496 e. The van der Waals surface area contributed by atoms with Crippen LogP contribution in [-0.4, -0.2) is 32.4 Å². The summed E-state index contributed by atoms with van der Waals surface area (Å²) >= 11 is 6.00. The maximum Gasteiger partial charge on any atom is 0.259 e. The fourth-order valence-corrected chi connectivity index (χ4v) is 3.91. The van der Waals surface area contributed by atoms with Gasteiger partial charge in [-0.2, -0.15) is 0 Å². The van der Waals surface area contributed by atoms with Crippen LogP contribution >= 0.6 is 11.6 Å². The summed E-state index contributed by atoms with van der Waals surface area (Å²) in [5, 5.41) is 2.25.